The van der Waals surface area contributed by atoms with Crippen LogP contribution in [0.4, 0.5) is 11.6 Å². The van der Waals surface area contributed by atoms with Gasteiger partial charge in [0.2, 0.25) is 0 Å². The summed E-state index contributed by atoms with van der Waals surface area (Å²) in [7, 11) is 0. The van der Waals surface area contributed by atoms with E-state index in [-0.39, 0.29) is 0 Å². The predicted molar refractivity (Wildman–Crippen MR) is 86.9 cm³/mol. The van der Waals surface area contributed by atoms with Crippen molar-refractivity contribution in [1.29, 1.82) is 0 Å². The van der Waals surface area contributed by atoms with E-state index in [4.69, 9.17) is 0 Å². The Hall–Kier alpha value is -1.69. The van der Waals surface area contributed by atoms with Crippen molar-refractivity contribution in [3.8, 4) is 0 Å². The van der Waals surface area contributed by atoms with Gasteiger partial charge in [0.05, 0.1) is 17.2 Å². The van der Waals surface area contributed by atoms with Gasteiger partial charge in [-0.2, -0.15) is 0 Å². The van der Waals surface area contributed by atoms with E-state index in [1.54, 1.807) is 17.7 Å². The molecule has 0 spiro atoms. The summed E-state index contributed by atoms with van der Waals surface area (Å²) in [6.07, 6.45) is 6.48. The fraction of sp³-hybridized carbons (Fsp3) is 0.533. The van der Waals surface area contributed by atoms with Crippen LogP contribution < -0.4 is 10.2 Å². The van der Waals surface area contributed by atoms with Crippen LogP contribution in [0.2, 0.25) is 0 Å². The van der Waals surface area contributed by atoms with Crippen LogP contribution in [0.3, 0.4) is 0 Å². The summed E-state index contributed by atoms with van der Waals surface area (Å²) in [5.74, 6) is 1.90. The van der Waals surface area contributed by atoms with Gasteiger partial charge in [-0.05, 0) is 25.7 Å². The molecular formula is C15H21N5S. The molecule has 1 aliphatic rings. The van der Waals surface area contributed by atoms with Crippen molar-refractivity contribution in [3.05, 3.63) is 28.5 Å². The third-order valence-corrected chi connectivity index (χ3v) is 4.73. The molecular weight excluding hydrogens is 282 g/mol. The van der Waals surface area contributed by atoms with Crippen molar-refractivity contribution in [2.45, 2.75) is 39.2 Å². The molecule has 0 bridgehead atoms. The lowest BCUT2D eigenvalue weighted by Crippen LogP contribution is -2.30. The molecule has 0 aromatic carbocycles. The van der Waals surface area contributed by atoms with E-state index in [1.807, 2.05) is 6.07 Å². The second-order valence-electron chi connectivity index (χ2n) is 5.25. The maximum Gasteiger partial charge on any atom is 0.134 e. The number of rotatable bonds is 5. The molecule has 3 heterocycles. The van der Waals surface area contributed by atoms with Crippen LogP contribution in [0.5, 0.6) is 0 Å². The van der Waals surface area contributed by atoms with Gasteiger partial charge in [-0.15, -0.1) is 11.3 Å². The van der Waals surface area contributed by atoms with Crippen LogP contribution in [0.25, 0.3) is 0 Å². The Morgan fingerprint density at radius 2 is 2.10 bits per heavy atom. The van der Waals surface area contributed by atoms with E-state index in [1.165, 1.54) is 24.3 Å². The fourth-order valence-corrected chi connectivity index (χ4v) is 3.26. The lowest BCUT2D eigenvalue weighted by molar-refractivity contribution is 0.573. The van der Waals surface area contributed by atoms with Crippen molar-refractivity contribution in [2.24, 2.45) is 0 Å². The molecule has 0 amide bonds. The van der Waals surface area contributed by atoms with Crippen LogP contribution >= 0.6 is 11.3 Å². The summed E-state index contributed by atoms with van der Waals surface area (Å²) < 4.78 is 0. The number of piperidine rings is 1. The van der Waals surface area contributed by atoms with E-state index in [0.29, 0.717) is 6.54 Å². The first-order chi connectivity index (χ1) is 10.3. The topological polar surface area (TPSA) is 53.9 Å². The number of anilines is 2. The van der Waals surface area contributed by atoms with Gasteiger partial charge in [-0.25, -0.2) is 15.0 Å². The maximum atomic E-state index is 4.56. The molecule has 1 N–H and O–H groups in total. The minimum atomic E-state index is 0.715. The second kappa shape index (κ2) is 6.85. The third-order valence-electron chi connectivity index (χ3n) is 3.69. The minimum Gasteiger partial charge on any atom is -0.364 e. The van der Waals surface area contributed by atoms with Gasteiger partial charge in [-0.1, -0.05) is 6.92 Å². The molecule has 5 nitrogen and oxygen atoms in total. The zero-order chi connectivity index (χ0) is 14.5. The Morgan fingerprint density at radius 1 is 1.24 bits per heavy atom. The zero-order valence-corrected chi connectivity index (χ0v) is 13.2. The number of aromatic nitrogens is 3. The van der Waals surface area contributed by atoms with Crippen molar-refractivity contribution in [3.63, 3.8) is 0 Å². The summed E-state index contributed by atoms with van der Waals surface area (Å²) in [6.45, 7) is 5.04. The van der Waals surface area contributed by atoms with E-state index >= 15 is 0 Å². The monoisotopic (exact) mass is 303 g/mol. The molecule has 0 unspecified atom stereocenters. The molecule has 1 saturated heterocycles. The maximum absolute atomic E-state index is 4.56. The van der Waals surface area contributed by atoms with E-state index in [9.17, 15) is 0 Å². The summed E-state index contributed by atoms with van der Waals surface area (Å²) >= 11 is 1.72. The summed E-state index contributed by atoms with van der Waals surface area (Å²) in [5.41, 5.74) is 1.08. The molecule has 2 aromatic heterocycles. The standard InChI is InChI=1S/C15H21N5S/c1-2-15-19-12(10-21-15)9-16-13-8-14(18-11-17-13)20-6-4-3-5-7-20/h8,10-11H,2-7,9H2,1H3,(H,16,17,18). The first kappa shape index (κ1) is 14.3. The molecule has 0 aliphatic carbocycles. The van der Waals surface area contributed by atoms with Crippen molar-refractivity contribution in [1.82, 2.24) is 15.0 Å². The summed E-state index contributed by atoms with van der Waals surface area (Å²) in [6, 6.07) is 2.04. The minimum absolute atomic E-state index is 0.715. The molecule has 21 heavy (non-hydrogen) atoms. The van der Waals surface area contributed by atoms with E-state index in [0.717, 1.165) is 36.8 Å². The normalized spacial score (nSPS) is 15.2. The average molecular weight is 303 g/mol. The highest BCUT2D eigenvalue weighted by Crippen LogP contribution is 2.19. The molecule has 2 aromatic rings. The van der Waals surface area contributed by atoms with Gasteiger partial charge < -0.3 is 10.2 Å². The van der Waals surface area contributed by atoms with Crippen molar-refractivity contribution in [2.75, 3.05) is 23.3 Å². The highest BCUT2D eigenvalue weighted by Gasteiger charge is 2.12. The molecule has 112 valence electrons. The van der Waals surface area contributed by atoms with Crippen molar-refractivity contribution >= 4 is 23.0 Å². The number of thiazole rings is 1. The van der Waals surface area contributed by atoms with Gasteiger partial charge in [0.25, 0.3) is 0 Å². The predicted octanol–water partition coefficient (Wildman–Crippen LogP) is 3.10. The SMILES string of the molecule is CCc1nc(CNc2cc(N3CCCCC3)ncn2)cs1. The zero-order valence-electron chi connectivity index (χ0n) is 12.4. The van der Waals surface area contributed by atoms with Gasteiger partial charge in [-0.3, -0.25) is 0 Å². The summed E-state index contributed by atoms with van der Waals surface area (Å²) in [5, 5.41) is 6.64. The molecule has 1 aliphatic heterocycles. The van der Waals surface area contributed by atoms with E-state index in [2.05, 4.69) is 37.5 Å². The van der Waals surface area contributed by atoms with Gasteiger partial charge in [0.1, 0.15) is 18.0 Å². The average Bonchev–Trinajstić information content (AvgIpc) is 3.02. The first-order valence-corrected chi connectivity index (χ1v) is 8.47. The Morgan fingerprint density at radius 3 is 2.86 bits per heavy atom. The quantitative estimate of drug-likeness (QED) is 0.920. The molecule has 6 heteroatoms. The highest BCUT2D eigenvalue weighted by molar-refractivity contribution is 7.09. The lowest BCUT2D eigenvalue weighted by atomic mass is 10.1. The molecule has 3 rings (SSSR count). The Labute approximate surface area is 129 Å². The largest absolute Gasteiger partial charge is 0.364 e. The van der Waals surface area contributed by atoms with E-state index < -0.39 is 0 Å². The molecule has 0 saturated carbocycles. The van der Waals surface area contributed by atoms with Crippen molar-refractivity contribution < 1.29 is 0 Å². The van der Waals surface area contributed by atoms with Gasteiger partial charge in [0.15, 0.2) is 0 Å². The highest BCUT2D eigenvalue weighted by atomic mass is 32.1. The van der Waals surface area contributed by atoms with Crippen LogP contribution in [-0.4, -0.2) is 28.0 Å². The fourth-order valence-electron chi connectivity index (χ4n) is 2.51. The number of aryl methyl sites for hydroxylation is 1. The second-order valence-corrected chi connectivity index (χ2v) is 6.19. The Balaban J connectivity index is 1.62. The number of nitrogens with one attached hydrogen (secondary N) is 1. The number of hydrogen-bond donors (Lipinski definition) is 1. The van der Waals surface area contributed by atoms with Gasteiger partial charge >= 0.3 is 0 Å². The number of nitrogens with zero attached hydrogens (tertiary/aromatic N) is 4. The smallest absolute Gasteiger partial charge is 0.134 e. The number of hydrogen-bond acceptors (Lipinski definition) is 6. The summed E-state index contributed by atoms with van der Waals surface area (Å²) in [4.78, 5) is 15.6. The Bertz CT molecular complexity index is 577. The van der Waals surface area contributed by atoms with Crippen LogP contribution in [0.15, 0.2) is 17.8 Å². The Kier molecular flexibility index (Phi) is 4.65. The first-order valence-electron chi connectivity index (χ1n) is 7.59. The van der Waals surface area contributed by atoms with Crippen LogP contribution in [0.1, 0.15) is 36.9 Å². The molecule has 1 fully saturated rings. The molecule has 0 atom stereocenters. The third kappa shape index (κ3) is 3.69. The lowest BCUT2D eigenvalue weighted by Gasteiger charge is -2.27. The molecule has 0 radical (unpaired) electrons. The van der Waals surface area contributed by atoms with Crippen LogP contribution in [-0.2, 0) is 13.0 Å². The van der Waals surface area contributed by atoms with Crippen LogP contribution in [0, 0.1) is 0 Å². The van der Waals surface area contributed by atoms with Gasteiger partial charge in [0, 0.05) is 24.5 Å².